The van der Waals surface area contributed by atoms with Crippen LogP contribution in [0.4, 0.5) is 0 Å². The van der Waals surface area contributed by atoms with Crippen molar-refractivity contribution in [3.8, 4) is 22.0 Å². The lowest BCUT2D eigenvalue weighted by Crippen LogP contribution is -2.17. The molecule has 2 heterocycles. The Hall–Kier alpha value is -3.71. The summed E-state index contributed by atoms with van der Waals surface area (Å²) in [6.45, 7) is 0. The zero-order valence-corrected chi connectivity index (χ0v) is 15.5. The summed E-state index contributed by atoms with van der Waals surface area (Å²) in [4.78, 5) is 13.2. The molecule has 0 saturated heterocycles. The minimum absolute atomic E-state index is 0.0913. The van der Waals surface area contributed by atoms with Crippen LogP contribution in [-0.2, 0) is 0 Å². The first-order valence-corrected chi connectivity index (χ1v) is 9.41. The van der Waals surface area contributed by atoms with E-state index in [1.54, 1.807) is 34.4 Å². The van der Waals surface area contributed by atoms with E-state index in [0.717, 1.165) is 21.8 Å². The number of amides is 1. The van der Waals surface area contributed by atoms with E-state index in [-0.39, 0.29) is 11.3 Å². The summed E-state index contributed by atoms with van der Waals surface area (Å²) >= 11 is 1.58. The van der Waals surface area contributed by atoms with E-state index in [4.69, 9.17) is 0 Å². The number of hydrazone groups is 1. The van der Waals surface area contributed by atoms with Gasteiger partial charge >= 0.3 is 0 Å². The molecule has 0 atom stereocenters. The highest BCUT2D eigenvalue weighted by Crippen LogP contribution is 2.26. The zero-order valence-electron chi connectivity index (χ0n) is 14.7. The largest absolute Gasteiger partial charge is 0.507 e. The fraction of sp³-hybridized carbons (Fsp3) is 0. The molecule has 0 aliphatic heterocycles. The zero-order chi connectivity index (χ0) is 19.3. The van der Waals surface area contributed by atoms with Crippen molar-refractivity contribution in [1.29, 1.82) is 0 Å². The normalized spacial score (nSPS) is 11.0. The molecule has 0 bridgehead atoms. The molecule has 2 aromatic heterocycles. The molecule has 4 aromatic rings. The number of para-hydroxylation sites is 2. The van der Waals surface area contributed by atoms with Crippen LogP contribution < -0.4 is 5.43 Å². The van der Waals surface area contributed by atoms with Crippen LogP contribution in [0.2, 0.25) is 0 Å². The summed E-state index contributed by atoms with van der Waals surface area (Å²) in [5, 5.41) is 20.5. The van der Waals surface area contributed by atoms with Gasteiger partial charge in [0.1, 0.15) is 11.4 Å². The van der Waals surface area contributed by atoms with E-state index in [2.05, 4.69) is 15.6 Å². The van der Waals surface area contributed by atoms with E-state index < -0.39 is 5.91 Å². The third kappa shape index (κ3) is 3.70. The molecular formula is C21H16N4O2S. The van der Waals surface area contributed by atoms with Gasteiger partial charge in [-0.3, -0.25) is 4.79 Å². The fourth-order valence-electron chi connectivity index (χ4n) is 2.69. The Morgan fingerprint density at radius 2 is 1.86 bits per heavy atom. The first-order valence-electron chi connectivity index (χ1n) is 8.53. The fourth-order valence-corrected chi connectivity index (χ4v) is 3.42. The maximum Gasteiger partial charge on any atom is 0.275 e. The first kappa shape index (κ1) is 17.7. The summed E-state index contributed by atoms with van der Waals surface area (Å²) in [7, 11) is 0. The number of carbonyl (C=O) groups is 1. The van der Waals surface area contributed by atoms with E-state index in [1.165, 1.54) is 12.1 Å². The lowest BCUT2D eigenvalue weighted by atomic mass is 10.2. The molecule has 0 aliphatic rings. The molecule has 6 nitrogen and oxygen atoms in total. The minimum atomic E-state index is -0.484. The number of benzene rings is 2. The van der Waals surface area contributed by atoms with Crippen molar-refractivity contribution in [3.05, 3.63) is 89.4 Å². The van der Waals surface area contributed by atoms with Crippen LogP contribution in [0.15, 0.2) is 83.4 Å². The number of phenolic OH excluding ortho intramolecular Hbond substituents is 1. The van der Waals surface area contributed by atoms with Crippen LogP contribution in [0.3, 0.4) is 0 Å². The van der Waals surface area contributed by atoms with E-state index in [0.29, 0.717) is 0 Å². The van der Waals surface area contributed by atoms with Gasteiger partial charge in [0, 0.05) is 11.8 Å². The molecule has 7 heteroatoms. The molecule has 0 fully saturated rings. The summed E-state index contributed by atoms with van der Waals surface area (Å²) < 4.78 is 1.78. The highest BCUT2D eigenvalue weighted by molar-refractivity contribution is 7.13. The van der Waals surface area contributed by atoms with Crippen molar-refractivity contribution in [2.45, 2.75) is 0 Å². The Kier molecular flexibility index (Phi) is 4.99. The van der Waals surface area contributed by atoms with Crippen molar-refractivity contribution >= 4 is 23.5 Å². The standard InChI is InChI=1S/C21H16N4O2S/c26-18-10-5-4-9-17(18)21(27)23-22-13-15-14-25(16-7-2-1-3-8-16)24-20(15)19-11-6-12-28-19/h1-14,26H,(H,23,27)/b22-13-. The second-order valence-corrected chi connectivity index (χ2v) is 6.85. The number of nitrogens with one attached hydrogen (secondary N) is 1. The number of aromatic hydroxyl groups is 1. The number of thiophene rings is 1. The molecule has 2 N–H and O–H groups in total. The highest BCUT2D eigenvalue weighted by atomic mass is 32.1. The van der Waals surface area contributed by atoms with Crippen LogP contribution in [0.1, 0.15) is 15.9 Å². The van der Waals surface area contributed by atoms with Gasteiger partial charge in [0.2, 0.25) is 0 Å². The van der Waals surface area contributed by atoms with Crippen molar-refractivity contribution in [3.63, 3.8) is 0 Å². The smallest absolute Gasteiger partial charge is 0.275 e. The summed E-state index contributed by atoms with van der Waals surface area (Å²) in [5.74, 6) is -0.575. The second-order valence-electron chi connectivity index (χ2n) is 5.91. The SMILES string of the molecule is O=C(N/N=C\c1cn(-c2ccccc2)nc1-c1cccs1)c1ccccc1O. The third-order valence-electron chi connectivity index (χ3n) is 4.04. The Balaban J connectivity index is 1.61. The second kappa shape index (κ2) is 7.89. The van der Waals surface area contributed by atoms with Gasteiger partial charge in [-0.1, -0.05) is 36.4 Å². The van der Waals surface area contributed by atoms with E-state index in [1.807, 2.05) is 54.0 Å². The Morgan fingerprint density at radius 3 is 2.61 bits per heavy atom. The summed E-state index contributed by atoms with van der Waals surface area (Å²) in [6.07, 6.45) is 3.42. The van der Waals surface area contributed by atoms with Gasteiger partial charge in [0.15, 0.2) is 0 Å². The molecule has 0 spiro atoms. The highest BCUT2D eigenvalue weighted by Gasteiger charge is 2.13. The predicted molar refractivity (Wildman–Crippen MR) is 110 cm³/mol. The van der Waals surface area contributed by atoms with Gasteiger partial charge in [0.05, 0.1) is 22.3 Å². The lowest BCUT2D eigenvalue weighted by molar-refractivity contribution is 0.0952. The topological polar surface area (TPSA) is 79.5 Å². The Labute approximate surface area is 165 Å². The molecule has 1 amide bonds. The Morgan fingerprint density at radius 1 is 1.07 bits per heavy atom. The molecule has 0 aliphatic carbocycles. The predicted octanol–water partition coefficient (Wildman–Crippen LogP) is 4.07. The third-order valence-corrected chi connectivity index (χ3v) is 4.91. The molecule has 0 radical (unpaired) electrons. The number of aromatic nitrogens is 2. The van der Waals surface area contributed by atoms with Crippen molar-refractivity contribution in [1.82, 2.24) is 15.2 Å². The van der Waals surface area contributed by atoms with Crippen molar-refractivity contribution < 1.29 is 9.90 Å². The van der Waals surface area contributed by atoms with Crippen molar-refractivity contribution in [2.75, 3.05) is 0 Å². The van der Waals surface area contributed by atoms with Gasteiger partial charge in [-0.05, 0) is 35.7 Å². The number of rotatable bonds is 5. The molecule has 4 rings (SSSR count). The summed E-state index contributed by atoms with van der Waals surface area (Å²) in [6, 6.07) is 20.0. The van der Waals surface area contributed by atoms with Gasteiger partial charge in [-0.15, -0.1) is 11.3 Å². The number of phenols is 1. The van der Waals surface area contributed by atoms with E-state index in [9.17, 15) is 9.90 Å². The number of nitrogens with zero attached hydrogens (tertiary/aromatic N) is 3. The lowest BCUT2D eigenvalue weighted by Gasteiger charge is -2.01. The molecule has 0 saturated carbocycles. The quantitative estimate of drug-likeness (QED) is 0.399. The van der Waals surface area contributed by atoms with Crippen LogP contribution in [-0.4, -0.2) is 27.0 Å². The maximum atomic E-state index is 12.2. The average Bonchev–Trinajstić information content (AvgIpc) is 3.39. The molecule has 28 heavy (non-hydrogen) atoms. The molecule has 138 valence electrons. The molecule has 2 aromatic carbocycles. The van der Waals surface area contributed by atoms with Gasteiger partial charge in [0.25, 0.3) is 5.91 Å². The number of hydrogen-bond donors (Lipinski definition) is 2. The van der Waals surface area contributed by atoms with Gasteiger partial charge in [-0.2, -0.15) is 10.2 Å². The van der Waals surface area contributed by atoms with Gasteiger partial charge in [-0.25, -0.2) is 10.1 Å². The van der Waals surface area contributed by atoms with Crippen LogP contribution >= 0.6 is 11.3 Å². The number of carbonyl (C=O) groups excluding carboxylic acids is 1. The van der Waals surface area contributed by atoms with Crippen LogP contribution in [0.5, 0.6) is 5.75 Å². The van der Waals surface area contributed by atoms with Crippen molar-refractivity contribution in [2.24, 2.45) is 5.10 Å². The van der Waals surface area contributed by atoms with Crippen LogP contribution in [0, 0.1) is 0 Å². The maximum absolute atomic E-state index is 12.2. The Bertz CT molecular complexity index is 1120. The molecular weight excluding hydrogens is 372 g/mol. The average molecular weight is 388 g/mol. The monoisotopic (exact) mass is 388 g/mol. The van der Waals surface area contributed by atoms with Gasteiger partial charge < -0.3 is 5.11 Å². The summed E-state index contributed by atoms with van der Waals surface area (Å²) in [5.41, 5.74) is 5.09. The number of hydrogen-bond acceptors (Lipinski definition) is 5. The minimum Gasteiger partial charge on any atom is -0.507 e. The molecule has 0 unspecified atom stereocenters. The van der Waals surface area contributed by atoms with Crippen LogP contribution in [0.25, 0.3) is 16.3 Å². The van der Waals surface area contributed by atoms with E-state index >= 15 is 0 Å². The first-order chi connectivity index (χ1) is 13.7.